The third kappa shape index (κ3) is 4.14. The van der Waals surface area contributed by atoms with Crippen LogP contribution in [0.5, 0.6) is 0 Å². The summed E-state index contributed by atoms with van der Waals surface area (Å²) >= 11 is 1.55. The van der Waals surface area contributed by atoms with Crippen LogP contribution < -0.4 is 0 Å². The minimum atomic E-state index is -0.923. The number of rotatable bonds is 3. The number of allylic oxidation sites excluding steroid dienone is 1. The second kappa shape index (κ2) is 9.25. The molecule has 2 amide bonds. The molecule has 1 unspecified atom stereocenters. The number of carbonyl (C=O) groups is 3. The molecule has 6 atom stereocenters. The molecule has 4 aliphatic heterocycles. The van der Waals surface area contributed by atoms with E-state index in [0.29, 0.717) is 13.2 Å². The van der Waals surface area contributed by atoms with Gasteiger partial charge >= 0.3 is 5.97 Å². The maximum Gasteiger partial charge on any atom is 0.311 e. The van der Waals surface area contributed by atoms with Gasteiger partial charge in [0.25, 0.3) is 0 Å². The van der Waals surface area contributed by atoms with E-state index in [2.05, 4.69) is 12.2 Å². The average molecular weight is 505 g/mol. The molecule has 8 heteroatoms. The van der Waals surface area contributed by atoms with E-state index in [1.807, 2.05) is 58.6 Å². The van der Waals surface area contributed by atoms with Crippen molar-refractivity contribution in [3.05, 3.63) is 24.3 Å². The van der Waals surface area contributed by atoms with E-state index in [9.17, 15) is 19.5 Å². The van der Waals surface area contributed by atoms with Crippen LogP contribution >= 0.6 is 11.8 Å². The lowest BCUT2D eigenvalue weighted by atomic mass is 9.74. The van der Waals surface area contributed by atoms with Gasteiger partial charge in [0.2, 0.25) is 11.8 Å². The summed E-state index contributed by atoms with van der Waals surface area (Å²) in [6.07, 6.45) is 10.8. The lowest BCUT2D eigenvalue weighted by Gasteiger charge is -2.43. The monoisotopic (exact) mass is 504 g/mol. The highest BCUT2D eigenvalue weighted by atomic mass is 32.2. The Morgan fingerprint density at radius 3 is 2.46 bits per heavy atom. The SMILES string of the molecule is CC(C)[C@H](CO)N1C(=O)[C@@H]2[C@@H]3C(=O)OCCCC/C=C\[C@]3(C)S[C@@]23C=CCN(C(C)(C)C)C(=O)C13. The van der Waals surface area contributed by atoms with Gasteiger partial charge in [0.05, 0.1) is 35.8 Å². The Morgan fingerprint density at radius 2 is 1.83 bits per heavy atom. The maximum absolute atomic E-state index is 14.3. The van der Waals surface area contributed by atoms with Gasteiger partial charge in [-0.15, -0.1) is 11.8 Å². The quantitative estimate of drug-likeness (QED) is 0.469. The molecule has 194 valence electrons. The van der Waals surface area contributed by atoms with Gasteiger partial charge in [-0.3, -0.25) is 14.4 Å². The van der Waals surface area contributed by atoms with Crippen LogP contribution in [0.1, 0.15) is 60.8 Å². The van der Waals surface area contributed by atoms with Gasteiger partial charge in [-0.1, -0.05) is 38.2 Å². The number of hydrogen-bond acceptors (Lipinski definition) is 6. The van der Waals surface area contributed by atoms with Crippen molar-refractivity contribution in [2.75, 3.05) is 19.8 Å². The number of aliphatic hydroxyl groups excluding tert-OH is 1. The molecule has 7 nitrogen and oxygen atoms in total. The van der Waals surface area contributed by atoms with Crippen molar-refractivity contribution in [1.82, 2.24) is 9.80 Å². The molecule has 2 fully saturated rings. The topological polar surface area (TPSA) is 87.2 Å². The minimum Gasteiger partial charge on any atom is -0.465 e. The number of nitrogens with zero attached hydrogens (tertiary/aromatic N) is 2. The van der Waals surface area contributed by atoms with Crippen molar-refractivity contribution in [3.63, 3.8) is 0 Å². The molecular weight excluding hydrogens is 464 g/mol. The molecule has 1 spiro atoms. The average Bonchev–Trinajstić information content (AvgIpc) is 3.08. The van der Waals surface area contributed by atoms with Crippen LogP contribution in [-0.2, 0) is 19.1 Å². The Morgan fingerprint density at radius 1 is 1.11 bits per heavy atom. The van der Waals surface area contributed by atoms with Crippen molar-refractivity contribution in [1.29, 1.82) is 0 Å². The van der Waals surface area contributed by atoms with Crippen molar-refractivity contribution in [3.8, 4) is 0 Å². The zero-order chi connectivity index (χ0) is 25.8. The highest BCUT2D eigenvalue weighted by Gasteiger charge is 2.74. The minimum absolute atomic E-state index is 0.0600. The molecule has 35 heavy (non-hydrogen) atoms. The zero-order valence-corrected chi connectivity index (χ0v) is 22.6. The van der Waals surface area contributed by atoms with Gasteiger partial charge in [-0.05, 0) is 52.9 Å². The van der Waals surface area contributed by atoms with E-state index < -0.39 is 39.0 Å². The summed E-state index contributed by atoms with van der Waals surface area (Å²) in [5, 5.41) is 10.3. The molecule has 2 saturated heterocycles. The van der Waals surface area contributed by atoms with Crippen LogP contribution in [0.4, 0.5) is 0 Å². The summed E-state index contributed by atoms with van der Waals surface area (Å²) in [4.78, 5) is 45.6. The number of esters is 1. The number of cyclic esters (lactones) is 1. The van der Waals surface area contributed by atoms with Crippen LogP contribution in [-0.4, -0.2) is 79.6 Å². The Balaban J connectivity index is 1.93. The molecule has 4 rings (SSSR count). The normalized spacial score (nSPS) is 37.5. The van der Waals surface area contributed by atoms with E-state index in [0.717, 1.165) is 19.3 Å². The van der Waals surface area contributed by atoms with Gasteiger partial charge in [-0.25, -0.2) is 0 Å². The lowest BCUT2D eigenvalue weighted by molar-refractivity contribution is -0.155. The largest absolute Gasteiger partial charge is 0.465 e. The first-order valence-electron chi connectivity index (χ1n) is 12.9. The standard InChI is InChI=1S/C27H40N2O5S/c1-17(2)18(16-30)29-21-23(32)28(25(3,4)5)14-11-13-27(21)19(22(29)31)20-24(33)34-15-10-8-7-9-12-26(20,6)35-27/h9,11-13,17-21,30H,7-8,10,14-16H2,1-6H3/b12-9-/t18-,19-,20+,21?,26-,27-/m0/s1. The lowest BCUT2D eigenvalue weighted by Crippen LogP contribution is -2.60. The van der Waals surface area contributed by atoms with Gasteiger partial charge < -0.3 is 19.6 Å². The smallest absolute Gasteiger partial charge is 0.311 e. The van der Waals surface area contributed by atoms with Crippen LogP contribution in [0.25, 0.3) is 0 Å². The summed E-state index contributed by atoms with van der Waals surface area (Å²) in [6.45, 7) is 12.4. The molecular formula is C27H40N2O5S. The van der Waals surface area contributed by atoms with E-state index in [1.54, 1.807) is 16.7 Å². The fourth-order valence-corrected chi connectivity index (χ4v) is 8.46. The summed E-state index contributed by atoms with van der Waals surface area (Å²) in [7, 11) is 0. The second-order valence-electron chi connectivity index (χ2n) is 11.8. The van der Waals surface area contributed by atoms with Gasteiger partial charge in [0.15, 0.2) is 0 Å². The Bertz CT molecular complexity index is 940. The molecule has 1 N–H and O–H groups in total. The predicted octanol–water partition coefficient (Wildman–Crippen LogP) is 3.17. The summed E-state index contributed by atoms with van der Waals surface area (Å²) in [5.74, 6) is -2.26. The van der Waals surface area contributed by atoms with Crippen molar-refractivity contribution < 1.29 is 24.2 Å². The van der Waals surface area contributed by atoms with E-state index >= 15 is 0 Å². The first-order valence-corrected chi connectivity index (χ1v) is 13.7. The predicted molar refractivity (Wildman–Crippen MR) is 137 cm³/mol. The number of fused-ring (bicyclic) bond motifs is 2. The number of aliphatic hydroxyl groups is 1. The van der Waals surface area contributed by atoms with Crippen LogP contribution in [0.15, 0.2) is 24.3 Å². The van der Waals surface area contributed by atoms with Crippen molar-refractivity contribution in [2.24, 2.45) is 17.8 Å². The fraction of sp³-hybridized carbons (Fsp3) is 0.741. The van der Waals surface area contributed by atoms with Crippen molar-refractivity contribution in [2.45, 2.75) is 87.9 Å². The highest BCUT2D eigenvalue weighted by Crippen LogP contribution is 2.65. The highest BCUT2D eigenvalue weighted by molar-refractivity contribution is 8.02. The maximum atomic E-state index is 14.3. The second-order valence-corrected chi connectivity index (χ2v) is 13.6. The Kier molecular flexibility index (Phi) is 6.95. The Hall–Kier alpha value is -1.80. The number of likely N-dealkylation sites (tertiary alicyclic amines) is 1. The summed E-state index contributed by atoms with van der Waals surface area (Å²) in [6, 6.07) is -1.33. The fourth-order valence-electron chi connectivity index (χ4n) is 6.32. The first-order chi connectivity index (χ1) is 16.4. The van der Waals surface area contributed by atoms with Gasteiger partial charge in [0, 0.05) is 16.8 Å². The van der Waals surface area contributed by atoms with Gasteiger partial charge in [-0.2, -0.15) is 0 Å². The summed E-state index contributed by atoms with van der Waals surface area (Å²) < 4.78 is 4.10. The number of ether oxygens (including phenoxy) is 1. The van der Waals surface area contributed by atoms with Crippen LogP contribution in [0.2, 0.25) is 0 Å². The molecule has 0 aromatic rings. The van der Waals surface area contributed by atoms with Crippen LogP contribution in [0.3, 0.4) is 0 Å². The molecule has 0 radical (unpaired) electrons. The Labute approximate surface area is 213 Å². The number of amides is 2. The number of thioether (sulfide) groups is 1. The van der Waals surface area contributed by atoms with Gasteiger partial charge in [0.1, 0.15) is 6.04 Å². The van der Waals surface area contributed by atoms with E-state index in [-0.39, 0.29) is 30.3 Å². The third-order valence-corrected chi connectivity index (χ3v) is 9.86. The number of carbonyl (C=O) groups excluding carboxylic acids is 3. The number of hydrogen-bond donors (Lipinski definition) is 1. The molecule has 0 saturated carbocycles. The molecule has 4 heterocycles. The van der Waals surface area contributed by atoms with E-state index in [4.69, 9.17) is 4.74 Å². The molecule has 0 bridgehead atoms. The van der Waals surface area contributed by atoms with E-state index in [1.165, 1.54) is 0 Å². The molecule has 0 aliphatic carbocycles. The van der Waals surface area contributed by atoms with Crippen LogP contribution in [0, 0.1) is 17.8 Å². The van der Waals surface area contributed by atoms with Crippen molar-refractivity contribution >= 4 is 29.5 Å². The molecule has 0 aromatic carbocycles. The third-order valence-electron chi connectivity index (χ3n) is 8.06. The molecule has 0 aromatic heterocycles. The zero-order valence-electron chi connectivity index (χ0n) is 21.8. The first kappa shape index (κ1) is 26.3. The molecule has 4 aliphatic rings. The summed E-state index contributed by atoms with van der Waals surface area (Å²) in [5.41, 5.74) is -0.449.